The Kier molecular flexibility index (Phi) is 6.72. The molecule has 0 atom stereocenters. The number of hydrogen-bond donors (Lipinski definition) is 1. The van der Waals surface area contributed by atoms with Crippen LogP contribution >= 0.6 is 0 Å². The van der Waals surface area contributed by atoms with Gasteiger partial charge in [0.15, 0.2) is 0 Å². The van der Waals surface area contributed by atoms with Crippen molar-refractivity contribution in [2.75, 3.05) is 26.8 Å². The molecule has 1 fully saturated rings. The summed E-state index contributed by atoms with van der Waals surface area (Å²) in [5.74, 6) is 0. The van der Waals surface area contributed by atoms with Gasteiger partial charge in [-0.1, -0.05) is 50.5 Å². The Bertz CT molecular complexity index is 393. The zero-order valence-corrected chi connectivity index (χ0v) is 13.8. The SMILES string of the molecule is CCc1ccc(CC2(CNCCOC)CCCCC2)cc1. The summed E-state index contributed by atoms with van der Waals surface area (Å²) < 4.78 is 5.15. The topological polar surface area (TPSA) is 21.3 Å². The van der Waals surface area contributed by atoms with Crippen LogP contribution in [0.1, 0.15) is 50.2 Å². The first-order valence-electron chi connectivity index (χ1n) is 8.55. The Hall–Kier alpha value is -0.860. The fraction of sp³-hybridized carbons (Fsp3) is 0.684. The van der Waals surface area contributed by atoms with Crippen LogP contribution in [0.25, 0.3) is 0 Å². The minimum atomic E-state index is 0.458. The second kappa shape index (κ2) is 8.55. The molecule has 2 rings (SSSR count). The highest BCUT2D eigenvalue weighted by atomic mass is 16.5. The molecule has 1 aliphatic carbocycles. The molecule has 2 nitrogen and oxygen atoms in total. The Labute approximate surface area is 130 Å². The molecule has 1 aromatic carbocycles. The first-order chi connectivity index (χ1) is 10.3. The number of rotatable bonds is 8. The van der Waals surface area contributed by atoms with E-state index in [1.165, 1.54) is 49.7 Å². The van der Waals surface area contributed by atoms with Crippen molar-refractivity contribution in [2.24, 2.45) is 5.41 Å². The van der Waals surface area contributed by atoms with E-state index in [2.05, 4.69) is 36.5 Å². The summed E-state index contributed by atoms with van der Waals surface area (Å²) in [4.78, 5) is 0. The van der Waals surface area contributed by atoms with Crippen LogP contribution in [0.5, 0.6) is 0 Å². The Morgan fingerprint density at radius 1 is 1.05 bits per heavy atom. The summed E-state index contributed by atoms with van der Waals surface area (Å²) in [6.07, 6.45) is 9.26. The molecule has 2 heteroatoms. The van der Waals surface area contributed by atoms with Crippen LogP contribution in [0.3, 0.4) is 0 Å². The zero-order chi connectivity index (χ0) is 15.0. The molecule has 0 saturated heterocycles. The maximum absolute atomic E-state index is 5.15. The standard InChI is InChI=1S/C19H31NO/c1-3-17-7-9-18(10-8-17)15-19(11-5-4-6-12-19)16-20-13-14-21-2/h7-10,20H,3-6,11-16H2,1-2H3. The van der Waals surface area contributed by atoms with Gasteiger partial charge < -0.3 is 10.1 Å². The first-order valence-corrected chi connectivity index (χ1v) is 8.55. The van der Waals surface area contributed by atoms with Gasteiger partial charge in [-0.2, -0.15) is 0 Å². The van der Waals surface area contributed by atoms with Gasteiger partial charge in [-0.05, 0) is 42.2 Å². The van der Waals surface area contributed by atoms with E-state index in [0.717, 1.165) is 26.1 Å². The van der Waals surface area contributed by atoms with Crippen molar-refractivity contribution in [3.63, 3.8) is 0 Å². The zero-order valence-electron chi connectivity index (χ0n) is 13.8. The number of ether oxygens (including phenoxy) is 1. The smallest absolute Gasteiger partial charge is 0.0587 e. The van der Waals surface area contributed by atoms with Crippen LogP contribution < -0.4 is 5.32 Å². The van der Waals surface area contributed by atoms with Crippen LogP contribution in [0.2, 0.25) is 0 Å². The number of methoxy groups -OCH3 is 1. The lowest BCUT2D eigenvalue weighted by Gasteiger charge is -2.38. The molecule has 0 amide bonds. The molecule has 0 radical (unpaired) electrons. The van der Waals surface area contributed by atoms with Gasteiger partial charge in [0.05, 0.1) is 6.61 Å². The highest BCUT2D eigenvalue weighted by Gasteiger charge is 2.31. The summed E-state index contributed by atoms with van der Waals surface area (Å²) in [7, 11) is 1.77. The van der Waals surface area contributed by atoms with E-state index in [0.29, 0.717) is 5.41 Å². The summed E-state index contributed by atoms with van der Waals surface area (Å²) in [6.45, 7) is 5.12. The third kappa shape index (κ3) is 5.12. The van der Waals surface area contributed by atoms with Crippen LogP contribution in [0.4, 0.5) is 0 Å². The second-order valence-electron chi connectivity index (χ2n) is 6.58. The van der Waals surface area contributed by atoms with E-state index < -0.39 is 0 Å². The van der Waals surface area contributed by atoms with Crippen molar-refractivity contribution < 1.29 is 4.74 Å². The van der Waals surface area contributed by atoms with Gasteiger partial charge in [-0.3, -0.25) is 0 Å². The molecule has 0 heterocycles. The molecular weight excluding hydrogens is 258 g/mol. The van der Waals surface area contributed by atoms with Crippen LogP contribution in [0.15, 0.2) is 24.3 Å². The van der Waals surface area contributed by atoms with E-state index in [9.17, 15) is 0 Å². The molecule has 0 bridgehead atoms. The molecule has 0 spiro atoms. The summed E-state index contributed by atoms with van der Waals surface area (Å²) in [5.41, 5.74) is 3.40. The van der Waals surface area contributed by atoms with Gasteiger partial charge in [0.2, 0.25) is 0 Å². The molecular formula is C19H31NO. The highest BCUT2D eigenvalue weighted by molar-refractivity contribution is 5.23. The van der Waals surface area contributed by atoms with Gasteiger partial charge in [0.1, 0.15) is 0 Å². The lowest BCUT2D eigenvalue weighted by Crippen LogP contribution is -2.39. The second-order valence-corrected chi connectivity index (χ2v) is 6.58. The fourth-order valence-corrected chi connectivity index (χ4v) is 3.57. The van der Waals surface area contributed by atoms with Crippen molar-refractivity contribution in [1.29, 1.82) is 0 Å². The lowest BCUT2D eigenvalue weighted by molar-refractivity contribution is 0.162. The fourth-order valence-electron chi connectivity index (χ4n) is 3.57. The van der Waals surface area contributed by atoms with Crippen molar-refractivity contribution in [3.05, 3.63) is 35.4 Å². The molecule has 21 heavy (non-hydrogen) atoms. The predicted octanol–water partition coefficient (Wildman–Crippen LogP) is 3.98. The van der Waals surface area contributed by atoms with Crippen LogP contribution in [-0.2, 0) is 17.6 Å². The van der Waals surface area contributed by atoms with Gasteiger partial charge in [0, 0.05) is 20.2 Å². The molecule has 0 unspecified atom stereocenters. The van der Waals surface area contributed by atoms with Crippen molar-refractivity contribution in [2.45, 2.75) is 51.9 Å². The van der Waals surface area contributed by atoms with Gasteiger partial charge in [0.25, 0.3) is 0 Å². The quantitative estimate of drug-likeness (QED) is 0.731. The number of benzene rings is 1. The number of nitrogens with one attached hydrogen (secondary N) is 1. The third-order valence-electron chi connectivity index (χ3n) is 4.91. The maximum Gasteiger partial charge on any atom is 0.0587 e. The van der Waals surface area contributed by atoms with Crippen molar-refractivity contribution in [1.82, 2.24) is 5.32 Å². The van der Waals surface area contributed by atoms with Crippen LogP contribution in [-0.4, -0.2) is 26.8 Å². The Morgan fingerprint density at radius 3 is 2.33 bits per heavy atom. The molecule has 0 aliphatic heterocycles. The molecule has 1 N–H and O–H groups in total. The molecule has 1 aromatic rings. The van der Waals surface area contributed by atoms with E-state index in [4.69, 9.17) is 4.74 Å². The summed E-state index contributed by atoms with van der Waals surface area (Å²) in [6, 6.07) is 9.27. The van der Waals surface area contributed by atoms with Crippen molar-refractivity contribution >= 4 is 0 Å². The lowest BCUT2D eigenvalue weighted by atomic mass is 9.70. The normalized spacial score (nSPS) is 17.8. The molecule has 1 aliphatic rings. The van der Waals surface area contributed by atoms with Gasteiger partial charge in [-0.15, -0.1) is 0 Å². The molecule has 118 valence electrons. The predicted molar refractivity (Wildman–Crippen MR) is 89.8 cm³/mol. The monoisotopic (exact) mass is 289 g/mol. The minimum absolute atomic E-state index is 0.458. The average molecular weight is 289 g/mol. The Morgan fingerprint density at radius 2 is 1.71 bits per heavy atom. The van der Waals surface area contributed by atoms with E-state index >= 15 is 0 Å². The Balaban J connectivity index is 1.97. The summed E-state index contributed by atoms with van der Waals surface area (Å²) >= 11 is 0. The summed E-state index contributed by atoms with van der Waals surface area (Å²) in [5, 5.41) is 3.61. The maximum atomic E-state index is 5.15. The van der Waals surface area contributed by atoms with Gasteiger partial charge >= 0.3 is 0 Å². The first kappa shape index (κ1) is 16.5. The van der Waals surface area contributed by atoms with Crippen LogP contribution in [0, 0.1) is 5.41 Å². The largest absolute Gasteiger partial charge is 0.383 e. The average Bonchev–Trinajstić information content (AvgIpc) is 2.53. The molecule has 0 aromatic heterocycles. The highest BCUT2D eigenvalue weighted by Crippen LogP contribution is 2.38. The van der Waals surface area contributed by atoms with E-state index in [1.807, 2.05) is 0 Å². The van der Waals surface area contributed by atoms with Gasteiger partial charge in [-0.25, -0.2) is 0 Å². The minimum Gasteiger partial charge on any atom is -0.383 e. The number of hydrogen-bond acceptors (Lipinski definition) is 2. The van der Waals surface area contributed by atoms with E-state index in [1.54, 1.807) is 7.11 Å². The third-order valence-corrected chi connectivity index (χ3v) is 4.91. The number of aryl methyl sites for hydroxylation is 1. The molecule has 1 saturated carbocycles. The van der Waals surface area contributed by atoms with E-state index in [-0.39, 0.29) is 0 Å². The van der Waals surface area contributed by atoms with Crippen molar-refractivity contribution in [3.8, 4) is 0 Å².